The molecular weight excluding hydrogens is 212 g/mol. The summed E-state index contributed by atoms with van der Waals surface area (Å²) in [7, 11) is 0. The first kappa shape index (κ1) is 12.8. The summed E-state index contributed by atoms with van der Waals surface area (Å²) in [5, 5.41) is 14.4. The van der Waals surface area contributed by atoms with E-state index in [0.29, 0.717) is 25.4 Å². The van der Waals surface area contributed by atoms with Gasteiger partial charge in [0.05, 0.1) is 6.54 Å². The highest BCUT2D eigenvalue weighted by Crippen LogP contribution is 2.06. The molecule has 1 rings (SSSR count). The summed E-state index contributed by atoms with van der Waals surface area (Å²) in [6.07, 6.45) is -0.160. The van der Waals surface area contributed by atoms with E-state index in [-0.39, 0.29) is 6.10 Å². The molecule has 6 heteroatoms. The molecule has 1 amide bonds. The van der Waals surface area contributed by atoms with Crippen LogP contribution in [0.1, 0.15) is 20.3 Å². The van der Waals surface area contributed by atoms with Crippen LogP contribution in [0.5, 0.6) is 0 Å². The number of alkyl carbamates (subject to hydrolysis) is 1. The zero-order valence-corrected chi connectivity index (χ0v) is 9.53. The summed E-state index contributed by atoms with van der Waals surface area (Å²) in [5.74, 6) is -0.566. The minimum atomic E-state index is -0.869. The number of nitrogens with one attached hydrogen (secondary N) is 2. The lowest BCUT2D eigenvalue weighted by Gasteiger charge is -2.18. The van der Waals surface area contributed by atoms with Crippen molar-refractivity contribution in [3.63, 3.8) is 0 Å². The second kappa shape index (κ2) is 5.69. The van der Waals surface area contributed by atoms with Gasteiger partial charge in [-0.15, -0.1) is 0 Å². The van der Waals surface area contributed by atoms with Crippen LogP contribution in [0.2, 0.25) is 0 Å². The normalized spacial score (nSPS) is 21.7. The fourth-order valence-electron chi connectivity index (χ4n) is 1.56. The van der Waals surface area contributed by atoms with Gasteiger partial charge in [-0.1, -0.05) is 13.8 Å². The average molecular weight is 230 g/mol. The van der Waals surface area contributed by atoms with E-state index in [2.05, 4.69) is 10.6 Å². The van der Waals surface area contributed by atoms with E-state index in [1.165, 1.54) is 0 Å². The van der Waals surface area contributed by atoms with Gasteiger partial charge in [0.2, 0.25) is 0 Å². The molecule has 2 unspecified atom stereocenters. The monoisotopic (exact) mass is 230 g/mol. The third-order valence-electron chi connectivity index (χ3n) is 2.34. The van der Waals surface area contributed by atoms with Gasteiger partial charge in [-0.25, -0.2) is 4.79 Å². The molecule has 2 atom stereocenters. The fraction of sp³-hybridized carbons (Fsp3) is 0.800. The van der Waals surface area contributed by atoms with Crippen LogP contribution < -0.4 is 10.6 Å². The predicted octanol–water partition coefficient (Wildman–Crippen LogP) is 0.184. The van der Waals surface area contributed by atoms with Gasteiger partial charge in [0.1, 0.15) is 12.1 Å². The third-order valence-corrected chi connectivity index (χ3v) is 2.34. The predicted molar refractivity (Wildman–Crippen MR) is 57.2 cm³/mol. The Morgan fingerprint density at radius 3 is 2.81 bits per heavy atom. The van der Waals surface area contributed by atoms with Crippen molar-refractivity contribution < 1.29 is 19.4 Å². The van der Waals surface area contributed by atoms with Gasteiger partial charge in [0.25, 0.3) is 0 Å². The van der Waals surface area contributed by atoms with Gasteiger partial charge in [-0.2, -0.15) is 0 Å². The highest BCUT2D eigenvalue weighted by atomic mass is 16.6. The van der Waals surface area contributed by atoms with Crippen LogP contribution in [0, 0.1) is 5.92 Å². The molecule has 0 aromatic heterocycles. The average Bonchev–Trinajstić information content (AvgIpc) is 2.58. The molecule has 1 fully saturated rings. The molecular formula is C10H18N2O4. The Morgan fingerprint density at radius 2 is 2.38 bits per heavy atom. The van der Waals surface area contributed by atoms with E-state index < -0.39 is 18.1 Å². The minimum Gasteiger partial charge on any atom is -0.480 e. The molecule has 0 aliphatic carbocycles. The zero-order valence-electron chi connectivity index (χ0n) is 9.53. The molecule has 0 aromatic carbocycles. The maximum atomic E-state index is 10.9. The van der Waals surface area contributed by atoms with Crippen molar-refractivity contribution in [1.82, 2.24) is 10.6 Å². The molecule has 0 spiro atoms. The fourth-order valence-corrected chi connectivity index (χ4v) is 1.56. The number of ether oxygens (including phenoxy) is 1. The molecule has 1 heterocycles. The Bertz CT molecular complexity index is 268. The van der Waals surface area contributed by atoms with E-state index in [1.807, 2.05) is 13.8 Å². The molecule has 1 aliphatic heterocycles. The summed E-state index contributed by atoms with van der Waals surface area (Å²) in [6, 6.07) is -0.584. The van der Waals surface area contributed by atoms with Crippen molar-refractivity contribution in [3.05, 3.63) is 0 Å². The van der Waals surface area contributed by atoms with Crippen molar-refractivity contribution in [2.75, 3.05) is 13.1 Å². The molecule has 1 aliphatic rings. The minimum absolute atomic E-state index is 0.276. The molecule has 3 N–H and O–H groups in total. The highest BCUT2D eigenvalue weighted by Gasteiger charge is 2.25. The number of carbonyl (C=O) groups is 2. The van der Waals surface area contributed by atoms with Crippen LogP contribution in [0.15, 0.2) is 0 Å². The van der Waals surface area contributed by atoms with Crippen LogP contribution in [0.3, 0.4) is 0 Å². The standard InChI is InChI=1S/C10H18N2O4/c1-6(2)3-8(9(13)14)11-4-7-5-12-10(15)16-7/h6-8,11H,3-5H2,1-2H3,(H,12,15)(H,13,14). The Labute approximate surface area is 94.3 Å². The Balaban J connectivity index is 2.32. The van der Waals surface area contributed by atoms with Crippen molar-refractivity contribution in [2.24, 2.45) is 5.92 Å². The number of aliphatic carboxylic acids is 1. The number of carbonyl (C=O) groups excluding carboxylic acids is 1. The van der Waals surface area contributed by atoms with E-state index in [9.17, 15) is 9.59 Å². The van der Waals surface area contributed by atoms with Crippen LogP contribution in [-0.2, 0) is 9.53 Å². The SMILES string of the molecule is CC(C)CC(NCC1CNC(=O)O1)C(=O)O. The largest absolute Gasteiger partial charge is 0.480 e. The Hall–Kier alpha value is -1.30. The van der Waals surface area contributed by atoms with Gasteiger partial charge in [-0.3, -0.25) is 4.79 Å². The second-order valence-electron chi connectivity index (χ2n) is 4.34. The first-order valence-corrected chi connectivity index (χ1v) is 5.39. The van der Waals surface area contributed by atoms with Crippen LogP contribution in [0.25, 0.3) is 0 Å². The quantitative estimate of drug-likeness (QED) is 0.606. The number of hydrogen-bond donors (Lipinski definition) is 3. The van der Waals surface area contributed by atoms with Crippen LogP contribution in [0.4, 0.5) is 4.79 Å². The number of carboxylic acids is 1. The summed E-state index contributed by atoms with van der Waals surface area (Å²) in [6.45, 7) is 4.73. The maximum absolute atomic E-state index is 10.9. The number of amides is 1. The van der Waals surface area contributed by atoms with E-state index in [0.717, 1.165) is 0 Å². The summed E-state index contributed by atoms with van der Waals surface area (Å²) >= 11 is 0. The Kier molecular flexibility index (Phi) is 4.54. The van der Waals surface area contributed by atoms with Gasteiger partial charge >= 0.3 is 12.1 Å². The lowest BCUT2D eigenvalue weighted by Crippen LogP contribution is -2.42. The van der Waals surface area contributed by atoms with E-state index in [1.54, 1.807) is 0 Å². The highest BCUT2D eigenvalue weighted by molar-refractivity contribution is 5.73. The lowest BCUT2D eigenvalue weighted by molar-refractivity contribution is -0.140. The third kappa shape index (κ3) is 4.06. The van der Waals surface area contributed by atoms with Gasteiger partial charge in [0.15, 0.2) is 0 Å². The molecule has 0 bridgehead atoms. The van der Waals surface area contributed by atoms with E-state index in [4.69, 9.17) is 9.84 Å². The number of cyclic esters (lactones) is 1. The first-order chi connectivity index (χ1) is 7.49. The molecule has 0 radical (unpaired) electrons. The van der Waals surface area contributed by atoms with Crippen molar-refractivity contribution in [3.8, 4) is 0 Å². The topological polar surface area (TPSA) is 87.7 Å². The van der Waals surface area contributed by atoms with Crippen molar-refractivity contribution >= 4 is 12.1 Å². The van der Waals surface area contributed by atoms with Gasteiger partial charge < -0.3 is 20.5 Å². The number of hydrogen-bond acceptors (Lipinski definition) is 4. The molecule has 0 saturated carbocycles. The Morgan fingerprint density at radius 1 is 1.69 bits per heavy atom. The first-order valence-electron chi connectivity index (χ1n) is 5.39. The molecule has 16 heavy (non-hydrogen) atoms. The van der Waals surface area contributed by atoms with Crippen molar-refractivity contribution in [2.45, 2.75) is 32.4 Å². The maximum Gasteiger partial charge on any atom is 0.407 e. The molecule has 92 valence electrons. The molecule has 0 aromatic rings. The van der Waals surface area contributed by atoms with Gasteiger partial charge in [-0.05, 0) is 12.3 Å². The second-order valence-corrected chi connectivity index (χ2v) is 4.34. The van der Waals surface area contributed by atoms with E-state index >= 15 is 0 Å². The zero-order chi connectivity index (χ0) is 12.1. The lowest BCUT2D eigenvalue weighted by atomic mass is 10.0. The smallest absolute Gasteiger partial charge is 0.407 e. The number of rotatable bonds is 6. The molecule has 1 saturated heterocycles. The van der Waals surface area contributed by atoms with Crippen LogP contribution in [-0.4, -0.2) is 42.4 Å². The molecule has 6 nitrogen and oxygen atoms in total. The van der Waals surface area contributed by atoms with Gasteiger partial charge in [0, 0.05) is 6.54 Å². The summed E-state index contributed by atoms with van der Waals surface area (Å²) < 4.78 is 4.89. The summed E-state index contributed by atoms with van der Waals surface area (Å²) in [5.41, 5.74) is 0. The van der Waals surface area contributed by atoms with Crippen molar-refractivity contribution in [1.29, 1.82) is 0 Å². The number of carboxylic acid groups (broad SMARTS) is 1. The van der Waals surface area contributed by atoms with Crippen LogP contribution >= 0.6 is 0 Å². The summed E-state index contributed by atoms with van der Waals surface area (Å²) in [4.78, 5) is 21.7.